The number of halogens is 2. The van der Waals surface area contributed by atoms with Gasteiger partial charge in [-0.2, -0.15) is 0 Å². The van der Waals surface area contributed by atoms with E-state index in [9.17, 15) is 9.59 Å². The summed E-state index contributed by atoms with van der Waals surface area (Å²) in [5, 5.41) is 7.77. The molecule has 0 atom stereocenters. The molecule has 5 rings (SSSR count). The van der Waals surface area contributed by atoms with E-state index >= 15 is 0 Å². The van der Waals surface area contributed by atoms with E-state index < -0.39 is 0 Å². The van der Waals surface area contributed by atoms with E-state index in [2.05, 4.69) is 20.6 Å². The molecule has 0 bridgehead atoms. The van der Waals surface area contributed by atoms with E-state index in [1.165, 1.54) is 17.4 Å². The fourth-order valence-electron chi connectivity index (χ4n) is 4.24. The molecule has 0 aliphatic heterocycles. The Balaban J connectivity index is 1.60. The lowest BCUT2D eigenvalue weighted by molar-refractivity contribution is -0.122. The number of hydrogen-bond donors (Lipinski definition) is 2. The first-order chi connectivity index (χ1) is 17.8. The summed E-state index contributed by atoms with van der Waals surface area (Å²) in [5.41, 5.74) is 3.23. The number of benzene rings is 2. The van der Waals surface area contributed by atoms with Gasteiger partial charge in [-0.15, -0.1) is 0 Å². The third-order valence-corrected chi connectivity index (χ3v) is 6.56. The van der Waals surface area contributed by atoms with Crippen LogP contribution in [0.1, 0.15) is 32.3 Å². The highest BCUT2D eigenvalue weighted by atomic mass is 35.5. The molecule has 1 aliphatic rings. The van der Waals surface area contributed by atoms with Crippen molar-refractivity contribution >= 4 is 40.1 Å². The molecular formula is C28H27Cl2N5O2. The largest absolute Gasteiger partial charge is 0.352 e. The highest BCUT2D eigenvalue weighted by Gasteiger charge is 2.21. The molecule has 1 aliphatic carbocycles. The number of fused-ring (bicyclic) bond motifs is 1. The first-order valence-corrected chi connectivity index (χ1v) is 13.0. The maximum absolute atomic E-state index is 13.8. The first kappa shape index (κ1) is 25.4. The molecule has 2 aromatic carbocycles. The zero-order valence-corrected chi connectivity index (χ0v) is 22.1. The van der Waals surface area contributed by atoms with E-state index in [-0.39, 0.29) is 24.1 Å². The molecule has 2 aromatic heterocycles. The van der Waals surface area contributed by atoms with Crippen molar-refractivity contribution in [2.45, 2.75) is 51.9 Å². The molecule has 7 nitrogen and oxygen atoms in total. The van der Waals surface area contributed by atoms with E-state index in [1.54, 1.807) is 36.5 Å². The van der Waals surface area contributed by atoms with Crippen LogP contribution in [0.3, 0.4) is 0 Å². The zero-order chi connectivity index (χ0) is 26.1. The van der Waals surface area contributed by atoms with Gasteiger partial charge in [-0.25, -0.2) is 9.97 Å². The van der Waals surface area contributed by atoms with Crippen LogP contribution in [0.4, 0.5) is 0 Å². The minimum Gasteiger partial charge on any atom is -0.352 e. The van der Waals surface area contributed by atoms with Crippen molar-refractivity contribution in [3.63, 3.8) is 0 Å². The molecule has 4 aromatic rings. The van der Waals surface area contributed by atoms with Crippen molar-refractivity contribution in [3.05, 3.63) is 80.7 Å². The zero-order valence-electron chi connectivity index (χ0n) is 20.6. The highest BCUT2D eigenvalue weighted by molar-refractivity contribution is 6.31. The van der Waals surface area contributed by atoms with Crippen molar-refractivity contribution in [1.29, 1.82) is 0 Å². The van der Waals surface area contributed by atoms with E-state index in [1.807, 2.05) is 32.0 Å². The van der Waals surface area contributed by atoms with Gasteiger partial charge in [0.1, 0.15) is 12.4 Å². The molecule has 1 fully saturated rings. The highest BCUT2D eigenvalue weighted by Crippen LogP contribution is 2.28. The van der Waals surface area contributed by atoms with E-state index in [4.69, 9.17) is 23.2 Å². The van der Waals surface area contributed by atoms with Crippen LogP contribution >= 0.6 is 23.2 Å². The third kappa shape index (κ3) is 6.01. The average Bonchev–Trinajstić information content (AvgIpc) is 3.68. The Bertz CT molecular complexity index is 1550. The van der Waals surface area contributed by atoms with Crippen molar-refractivity contribution < 1.29 is 4.79 Å². The van der Waals surface area contributed by atoms with Crippen LogP contribution in [0.5, 0.6) is 0 Å². The van der Waals surface area contributed by atoms with Crippen LogP contribution in [0.25, 0.3) is 33.5 Å². The van der Waals surface area contributed by atoms with Gasteiger partial charge in [0.05, 0.1) is 5.39 Å². The molecule has 0 unspecified atom stereocenters. The van der Waals surface area contributed by atoms with Crippen molar-refractivity contribution in [2.75, 3.05) is 0 Å². The van der Waals surface area contributed by atoms with Crippen LogP contribution in [0.2, 0.25) is 10.0 Å². The fourth-order valence-corrected chi connectivity index (χ4v) is 4.69. The first-order valence-electron chi connectivity index (χ1n) is 12.3. The summed E-state index contributed by atoms with van der Waals surface area (Å²) in [4.78, 5) is 35.6. The van der Waals surface area contributed by atoms with Gasteiger partial charge in [0.15, 0.2) is 5.65 Å². The van der Waals surface area contributed by atoms with Crippen molar-refractivity contribution in [1.82, 2.24) is 25.2 Å². The predicted octanol–water partition coefficient (Wildman–Crippen LogP) is 5.21. The van der Waals surface area contributed by atoms with Crippen LogP contribution in [-0.4, -0.2) is 32.5 Å². The number of carbonyl (C=O) groups is 1. The molecule has 2 N–H and O–H groups in total. The summed E-state index contributed by atoms with van der Waals surface area (Å²) in [7, 11) is 0. The smallest absolute Gasteiger partial charge is 0.263 e. The summed E-state index contributed by atoms with van der Waals surface area (Å²) < 4.78 is 1.38. The standard InChI is InChI=1S/C28H27Cl2N5O2/c1-16(2)33-25(36)15-35-27(18-4-3-5-21(29)10-18)34-26-24(28(35)37)12-20(14-32-26)19-8-17(9-22(30)11-19)13-31-23-6-7-23/h3-5,8-12,14,16,23,31H,6-7,13,15H2,1-2H3,(H,33,36). The Labute approximate surface area is 224 Å². The maximum atomic E-state index is 13.8. The number of pyridine rings is 1. The quantitative estimate of drug-likeness (QED) is 0.323. The van der Waals surface area contributed by atoms with Gasteiger partial charge >= 0.3 is 0 Å². The average molecular weight is 536 g/mol. The Morgan fingerprint density at radius 3 is 2.57 bits per heavy atom. The molecule has 0 radical (unpaired) electrons. The summed E-state index contributed by atoms with van der Waals surface area (Å²) in [6, 6.07) is 15.1. The van der Waals surface area contributed by atoms with Gasteiger partial charge in [0, 0.05) is 46.0 Å². The second-order valence-electron chi connectivity index (χ2n) is 9.66. The number of amides is 1. The summed E-state index contributed by atoms with van der Waals surface area (Å²) in [6.07, 6.45) is 4.09. The molecule has 1 amide bonds. The van der Waals surface area contributed by atoms with Gasteiger partial charge in [0.25, 0.3) is 5.56 Å². The van der Waals surface area contributed by atoms with Crippen molar-refractivity contribution in [3.8, 4) is 22.5 Å². The summed E-state index contributed by atoms with van der Waals surface area (Å²) >= 11 is 12.6. The SMILES string of the molecule is CC(C)NC(=O)Cn1c(-c2cccc(Cl)c2)nc2ncc(-c3cc(Cl)cc(CNC4CC4)c3)cc2c1=O. The summed E-state index contributed by atoms with van der Waals surface area (Å²) in [5.74, 6) is 0.0450. The van der Waals surface area contributed by atoms with Crippen LogP contribution in [0, 0.1) is 0 Å². The number of nitrogens with zero attached hydrogens (tertiary/aromatic N) is 3. The Hall–Kier alpha value is -3.26. The fraction of sp³-hybridized carbons (Fsp3) is 0.286. The summed E-state index contributed by atoms with van der Waals surface area (Å²) in [6.45, 7) is 4.28. The molecule has 2 heterocycles. The van der Waals surface area contributed by atoms with Crippen molar-refractivity contribution in [2.24, 2.45) is 0 Å². The molecule has 190 valence electrons. The topological polar surface area (TPSA) is 88.9 Å². The normalized spacial score (nSPS) is 13.3. The lowest BCUT2D eigenvalue weighted by Gasteiger charge is -2.15. The molecule has 0 spiro atoms. The predicted molar refractivity (Wildman–Crippen MR) is 148 cm³/mol. The molecule has 1 saturated carbocycles. The number of carbonyl (C=O) groups excluding carboxylic acids is 1. The lowest BCUT2D eigenvalue weighted by atomic mass is 10.0. The monoisotopic (exact) mass is 535 g/mol. The molecule has 0 saturated heterocycles. The van der Waals surface area contributed by atoms with Gasteiger partial charge in [-0.05, 0) is 74.2 Å². The Morgan fingerprint density at radius 1 is 1.05 bits per heavy atom. The third-order valence-electron chi connectivity index (χ3n) is 6.11. The number of rotatable bonds is 8. The van der Waals surface area contributed by atoms with Gasteiger partial charge in [-0.3, -0.25) is 14.2 Å². The second kappa shape index (κ2) is 10.6. The second-order valence-corrected chi connectivity index (χ2v) is 10.5. The van der Waals surface area contributed by atoms with E-state index in [0.717, 1.165) is 23.2 Å². The minimum atomic E-state index is -0.356. The van der Waals surface area contributed by atoms with E-state index in [0.29, 0.717) is 38.5 Å². The van der Waals surface area contributed by atoms with Crippen LogP contribution in [-0.2, 0) is 17.9 Å². The van der Waals surface area contributed by atoms with Gasteiger partial charge < -0.3 is 10.6 Å². The van der Waals surface area contributed by atoms with Crippen LogP contribution in [0.15, 0.2) is 59.5 Å². The minimum absolute atomic E-state index is 0.0639. The molecule has 9 heteroatoms. The Kier molecular flexibility index (Phi) is 7.29. The Morgan fingerprint density at radius 2 is 1.84 bits per heavy atom. The number of nitrogens with one attached hydrogen (secondary N) is 2. The molecule has 37 heavy (non-hydrogen) atoms. The number of aromatic nitrogens is 3. The van der Waals surface area contributed by atoms with Gasteiger partial charge in [-0.1, -0.05) is 35.3 Å². The van der Waals surface area contributed by atoms with Gasteiger partial charge in [0.2, 0.25) is 5.91 Å². The van der Waals surface area contributed by atoms with Crippen LogP contribution < -0.4 is 16.2 Å². The maximum Gasteiger partial charge on any atom is 0.263 e. The lowest BCUT2D eigenvalue weighted by Crippen LogP contribution is -2.37. The number of hydrogen-bond acceptors (Lipinski definition) is 5. The molecular weight excluding hydrogens is 509 g/mol.